The number of thiazole rings is 1. The molecule has 0 aromatic carbocycles. The second-order valence-corrected chi connectivity index (χ2v) is 5.55. The Labute approximate surface area is 114 Å². The SMILES string of the molecule is CCC(NC(=O)c1n[nH]c(C2CC2)n1)c1nccs1. The van der Waals surface area contributed by atoms with E-state index < -0.39 is 0 Å². The van der Waals surface area contributed by atoms with E-state index in [4.69, 9.17) is 0 Å². The normalized spacial score (nSPS) is 16.3. The lowest BCUT2D eigenvalue weighted by Gasteiger charge is -2.12. The summed E-state index contributed by atoms with van der Waals surface area (Å²) < 4.78 is 0. The number of carbonyl (C=O) groups is 1. The molecule has 3 rings (SSSR count). The minimum Gasteiger partial charge on any atom is -0.340 e. The van der Waals surface area contributed by atoms with Crippen LogP contribution in [0, 0.1) is 0 Å². The van der Waals surface area contributed by atoms with E-state index in [0.717, 1.165) is 30.1 Å². The Morgan fingerprint density at radius 3 is 3.11 bits per heavy atom. The molecule has 0 bridgehead atoms. The molecule has 100 valence electrons. The van der Waals surface area contributed by atoms with E-state index in [1.54, 1.807) is 6.20 Å². The van der Waals surface area contributed by atoms with Gasteiger partial charge in [0.25, 0.3) is 5.91 Å². The van der Waals surface area contributed by atoms with Gasteiger partial charge in [0.05, 0.1) is 6.04 Å². The van der Waals surface area contributed by atoms with Gasteiger partial charge in [0.1, 0.15) is 10.8 Å². The summed E-state index contributed by atoms with van der Waals surface area (Å²) in [4.78, 5) is 20.6. The number of rotatable bonds is 5. The highest BCUT2D eigenvalue weighted by Crippen LogP contribution is 2.37. The van der Waals surface area contributed by atoms with Crippen molar-refractivity contribution in [2.24, 2.45) is 0 Å². The van der Waals surface area contributed by atoms with Crippen molar-refractivity contribution in [1.82, 2.24) is 25.5 Å². The van der Waals surface area contributed by atoms with Gasteiger partial charge >= 0.3 is 0 Å². The predicted octanol–water partition coefficient (Wildman–Crippen LogP) is 2.02. The van der Waals surface area contributed by atoms with E-state index in [1.165, 1.54) is 11.3 Å². The van der Waals surface area contributed by atoms with E-state index in [0.29, 0.717) is 5.92 Å². The van der Waals surface area contributed by atoms with Crippen molar-refractivity contribution < 1.29 is 4.79 Å². The lowest BCUT2D eigenvalue weighted by atomic mass is 10.2. The van der Waals surface area contributed by atoms with Crippen LogP contribution >= 0.6 is 11.3 Å². The first-order valence-corrected chi connectivity index (χ1v) is 7.28. The van der Waals surface area contributed by atoms with Gasteiger partial charge in [-0.2, -0.15) is 0 Å². The molecule has 2 N–H and O–H groups in total. The van der Waals surface area contributed by atoms with E-state index in [9.17, 15) is 4.79 Å². The summed E-state index contributed by atoms with van der Waals surface area (Å²) in [5, 5.41) is 12.6. The van der Waals surface area contributed by atoms with Crippen molar-refractivity contribution in [3.8, 4) is 0 Å². The van der Waals surface area contributed by atoms with Crippen LogP contribution < -0.4 is 5.32 Å². The van der Waals surface area contributed by atoms with Gasteiger partial charge in [-0.25, -0.2) is 9.97 Å². The van der Waals surface area contributed by atoms with Crippen molar-refractivity contribution in [3.63, 3.8) is 0 Å². The van der Waals surface area contributed by atoms with Crippen molar-refractivity contribution in [1.29, 1.82) is 0 Å². The second-order valence-electron chi connectivity index (χ2n) is 4.62. The molecule has 0 aliphatic heterocycles. The van der Waals surface area contributed by atoms with Crippen molar-refractivity contribution in [2.45, 2.75) is 38.1 Å². The molecule has 7 heteroatoms. The third kappa shape index (κ3) is 2.65. The molecule has 1 aliphatic rings. The summed E-state index contributed by atoms with van der Waals surface area (Å²) in [7, 11) is 0. The molecule has 1 fully saturated rings. The average Bonchev–Trinajstić information content (AvgIpc) is 2.96. The lowest BCUT2D eigenvalue weighted by Crippen LogP contribution is -2.29. The van der Waals surface area contributed by atoms with Gasteiger partial charge in [0.15, 0.2) is 0 Å². The Bertz CT molecular complexity index is 560. The molecular formula is C12H15N5OS. The zero-order valence-corrected chi connectivity index (χ0v) is 11.4. The highest BCUT2D eigenvalue weighted by Gasteiger charge is 2.28. The Balaban J connectivity index is 1.68. The number of hydrogen-bond acceptors (Lipinski definition) is 5. The van der Waals surface area contributed by atoms with Crippen LogP contribution in [0.25, 0.3) is 0 Å². The van der Waals surface area contributed by atoms with Crippen LogP contribution in [0.4, 0.5) is 0 Å². The third-order valence-corrected chi connectivity index (χ3v) is 4.02. The first kappa shape index (κ1) is 12.3. The average molecular weight is 277 g/mol. The summed E-state index contributed by atoms with van der Waals surface area (Å²) in [6.07, 6.45) is 4.80. The Kier molecular flexibility index (Phi) is 3.29. The monoisotopic (exact) mass is 277 g/mol. The summed E-state index contributed by atoms with van der Waals surface area (Å²) >= 11 is 1.54. The molecule has 0 saturated heterocycles. The Morgan fingerprint density at radius 1 is 1.63 bits per heavy atom. The van der Waals surface area contributed by atoms with Gasteiger partial charge in [0, 0.05) is 17.5 Å². The molecule has 0 radical (unpaired) electrons. The number of nitrogens with one attached hydrogen (secondary N) is 2. The second kappa shape index (κ2) is 5.08. The number of aromatic amines is 1. The van der Waals surface area contributed by atoms with Crippen LogP contribution in [-0.4, -0.2) is 26.1 Å². The maximum Gasteiger partial charge on any atom is 0.291 e. The van der Waals surface area contributed by atoms with Gasteiger partial charge in [-0.1, -0.05) is 6.92 Å². The smallest absolute Gasteiger partial charge is 0.291 e. The van der Waals surface area contributed by atoms with Gasteiger partial charge in [-0.05, 0) is 19.3 Å². The van der Waals surface area contributed by atoms with Crippen LogP contribution in [0.2, 0.25) is 0 Å². The first-order chi connectivity index (χ1) is 9.28. The minimum absolute atomic E-state index is 0.0737. The van der Waals surface area contributed by atoms with Crippen LogP contribution in [0.15, 0.2) is 11.6 Å². The van der Waals surface area contributed by atoms with Crippen molar-refractivity contribution >= 4 is 17.2 Å². The van der Waals surface area contributed by atoms with Crippen LogP contribution in [0.1, 0.15) is 59.6 Å². The fourth-order valence-electron chi connectivity index (χ4n) is 1.88. The zero-order valence-electron chi connectivity index (χ0n) is 10.6. The lowest BCUT2D eigenvalue weighted by molar-refractivity contribution is 0.0925. The quantitative estimate of drug-likeness (QED) is 0.875. The number of amides is 1. The van der Waals surface area contributed by atoms with E-state index in [2.05, 4.69) is 25.5 Å². The summed E-state index contributed by atoms with van der Waals surface area (Å²) in [5.74, 6) is 1.27. The fourth-order valence-corrected chi connectivity index (χ4v) is 2.66. The molecule has 2 aromatic heterocycles. The highest BCUT2D eigenvalue weighted by molar-refractivity contribution is 7.09. The maximum atomic E-state index is 12.1. The standard InChI is InChI=1S/C12H15N5OS/c1-2-8(12-13-5-6-19-12)14-11(18)10-15-9(16-17-10)7-3-4-7/h5-8H,2-4H2,1H3,(H,14,18)(H,15,16,17). The predicted molar refractivity (Wildman–Crippen MR) is 71.0 cm³/mol. The molecule has 2 aromatic rings. The molecule has 19 heavy (non-hydrogen) atoms. The summed E-state index contributed by atoms with van der Waals surface area (Å²) in [5.41, 5.74) is 0. The van der Waals surface area contributed by atoms with Crippen molar-refractivity contribution in [3.05, 3.63) is 28.2 Å². The minimum atomic E-state index is -0.245. The van der Waals surface area contributed by atoms with E-state index in [1.807, 2.05) is 12.3 Å². The largest absolute Gasteiger partial charge is 0.340 e. The summed E-state index contributed by atoms with van der Waals surface area (Å²) in [6.45, 7) is 2.01. The molecule has 1 atom stereocenters. The van der Waals surface area contributed by atoms with Gasteiger partial charge < -0.3 is 5.32 Å². The summed E-state index contributed by atoms with van der Waals surface area (Å²) in [6, 6.07) is -0.0737. The Hall–Kier alpha value is -1.76. The van der Waals surface area contributed by atoms with Crippen LogP contribution in [-0.2, 0) is 0 Å². The molecule has 0 spiro atoms. The van der Waals surface area contributed by atoms with E-state index >= 15 is 0 Å². The highest BCUT2D eigenvalue weighted by atomic mass is 32.1. The number of hydrogen-bond donors (Lipinski definition) is 2. The van der Waals surface area contributed by atoms with Gasteiger partial charge in [0.2, 0.25) is 5.82 Å². The number of H-pyrrole nitrogens is 1. The molecular weight excluding hydrogens is 262 g/mol. The number of carbonyl (C=O) groups excluding carboxylic acids is 1. The molecule has 6 nitrogen and oxygen atoms in total. The fraction of sp³-hybridized carbons (Fsp3) is 0.500. The molecule has 1 unspecified atom stereocenters. The maximum absolute atomic E-state index is 12.1. The molecule has 1 amide bonds. The Morgan fingerprint density at radius 2 is 2.47 bits per heavy atom. The van der Waals surface area contributed by atoms with Gasteiger partial charge in [-0.3, -0.25) is 9.89 Å². The third-order valence-electron chi connectivity index (χ3n) is 3.13. The van der Waals surface area contributed by atoms with E-state index in [-0.39, 0.29) is 17.8 Å². The van der Waals surface area contributed by atoms with Crippen LogP contribution in [0.3, 0.4) is 0 Å². The van der Waals surface area contributed by atoms with Crippen molar-refractivity contribution in [2.75, 3.05) is 0 Å². The number of aromatic nitrogens is 4. The molecule has 1 aliphatic carbocycles. The first-order valence-electron chi connectivity index (χ1n) is 6.40. The molecule has 2 heterocycles. The molecule has 1 saturated carbocycles. The zero-order chi connectivity index (χ0) is 13.2. The number of nitrogens with zero attached hydrogens (tertiary/aromatic N) is 3. The van der Waals surface area contributed by atoms with Gasteiger partial charge in [-0.15, -0.1) is 16.4 Å². The topological polar surface area (TPSA) is 83.6 Å². The van der Waals surface area contributed by atoms with Crippen LogP contribution in [0.5, 0.6) is 0 Å².